The number of allylic oxidation sites excluding steroid dienone is 5. The van der Waals surface area contributed by atoms with Crippen LogP contribution < -0.4 is 4.90 Å². The topological polar surface area (TPSA) is 8.17 Å². The number of fused-ring (bicyclic) bond motifs is 7. The molecular weight excluding hydrogens is 605 g/mol. The van der Waals surface area contributed by atoms with E-state index in [9.17, 15) is 0 Å². The molecule has 242 valence electrons. The van der Waals surface area contributed by atoms with Crippen molar-refractivity contribution in [2.75, 3.05) is 4.90 Å². The second-order valence-electron chi connectivity index (χ2n) is 15.1. The lowest BCUT2D eigenvalue weighted by Gasteiger charge is -2.45. The summed E-state index contributed by atoms with van der Waals surface area (Å²) in [6, 6.07) is 47.5. The Morgan fingerprint density at radius 1 is 0.660 bits per heavy atom. The van der Waals surface area contributed by atoms with Crippen LogP contribution in [0.2, 0.25) is 0 Å². The highest BCUT2D eigenvalue weighted by atomic mass is 15.2. The van der Waals surface area contributed by atoms with Crippen LogP contribution in [-0.4, -0.2) is 4.57 Å². The first kappa shape index (κ1) is 29.3. The van der Waals surface area contributed by atoms with Gasteiger partial charge in [0.05, 0.1) is 11.6 Å². The summed E-state index contributed by atoms with van der Waals surface area (Å²) in [5.41, 5.74) is 12.0. The molecule has 2 heteroatoms. The molecule has 0 saturated carbocycles. The van der Waals surface area contributed by atoms with Crippen LogP contribution in [0.25, 0.3) is 49.7 Å². The SMILES string of the molecule is CC1CC(N(c2ccc(-c3cccc4ccccc34)cc2)c2ccc3ccccc3c2)=Cc2c1n1c3c(cccc23)C(C)(C)C2C=CC=CC21. The molecule has 0 bridgehead atoms. The number of rotatable bonds is 4. The first-order valence-corrected chi connectivity index (χ1v) is 18.1. The van der Waals surface area contributed by atoms with E-state index in [1.54, 1.807) is 0 Å². The molecule has 3 unspecified atom stereocenters. The Morgan fingerprint density at radius 3 is 2.22 bits per heavy atom. The minimum Gasteiger partial charge on any atom is -0.336 e. The second kappa shape index (κ2) is 11.0. The molecule has 0 spiro atoms. The normalized spacial score (nSPS) is 20.1. The fourth-order valence-electron chi connectivity index (χ4n) is 9.44. The maximum absolute atomic E-state index is 2.72. The van der Waals surface area contributed by atoms with Crippen molar-refractivity contribution in [3.8, 4) is 11.1 Å². The minimum atomic E-state index is 0.0428. The van der Waals surface area contributed by atoms with Gasteiger partial charge in [-0.2, -0.15) is 0 Å². The first-order valence-electron chi connectivity index (χ1n) is 18.1. The van der Waals surface area contributed by atoms with Gasteiger partial charge in [-0.05, 0) is 75.0 Å². The molecule has 0 fully saturated rings. The zero-order chi connectivity index (χ0) is 33.6. The molecule has 1 aromatic heterocycles. The van der Waals surface area contributed by atoms with E-state index < -0.39 is 0 Å². The molecule has 2 heterocycles. The number of aromatic nitrogens is 1. The predicted octanol–water partition coefficient (Wildman–Crippen LogP) is 12.9. The number of hydrogen-bond acceptors (Lipinski definition) is 1. The zero-order valence-electron chi connectivity index (χ0n) is 28.8. The summed E-state index contributed by atoms with van der Waals surface area (Å²) in [7, 11) is 0. The van der Waals surface area contributed by atoms with E-state index in [2.05, 4.69) is 188 Å². The van der Waals surface area contributed by atoms with Gasteiger partial charge in [0.25, 0.3) is 0 Å². The van der Waals surface area contributed by atoms with Crippen molar-refractivity contribution >= 4 is 49.9 Å². The van der Waals surface area contributed by atoms with Gasteiger partial charge in [0.2, 0.25) is 0 Å². The lowest BCUT2D eigenvalue weighted by atomic mass is 9.66. The van der Waals surface area contributed by atoms with Crippen LogP contribution in [0.1, 0.15) is 56.0 Å². The molecule has 2 aliphatic carbocycles. The van der Waals surface area contributed by atoms with Crippen LogP contribution in [0.5, 0.6) is 0 Å². The standard InChI is InChI=1S/C48H40N2/c1-31-28-38(30-42-41-18-11-20-44-47(41)50(46(31)42)45-21-9-8-19-43(45)48(44,2)3)49(37-27-22-32-12-4-5-14-35(32)29-37)36-25-23-34(24-26-36)40-17-10-15-33-13-6-7-16-39(33)40/h4-27,29-31,43,45H,28H2,1-3H3. The molecule has 0 N–H and O–H groups in total. The van der Waals surface area contributed by atoms with Crippen molar-refractivity contribution in [2.24, 2.45) is 5.92 Å². The minimum absolute atomic E-state index is 0.0428. The van der Waals surface area contributed by atoms with Gasteiger partial charge in [-0.1, -0.05) is 148 Å². The Balaban J connectivity index is 1.16. The Morgan fingerprint density at radius 2 is 1.36 bits per heavy atom. The van der Waals surface area contributed by atoms with Crippen LogP contribution in [0, 0.1) is 5.92 Å². The lowest BCUT2D eigenvalue weighted by Crippen LogP contribution is -2.39. The highest BCUT2D eigenvalue weighted by molar-refractivity contribution is 5.99. The van der Waals surface area contributed by atoms with E-state index in [4.69, 9.17) is 0 Å². The summed E-state index contributed by atoms with van der Waals surface area (Å²) in [5.74, 6) is 0.776. The third-order valence-corrected chi connectivity index (χ3v) is 11.8. The van der Waals surface area contributed by atoms with E-state index in [1.807, 2.05) is 0 Å². The van der Waals surface area contributed by atoms with Gasteiger partial charge in [0, 0.05) is 51.0 Å². The summed E-state index contributed by atoms with van der Waals surface area (Å²) in [5, 5.41) is 6.44. The average molecular weight is 645 g/mol. The lowest BCUT2D eigenvalue weighted by molar-refractivity contribution is 0.285. The van der Waals surface area contributed by atoms with E-state index >= 15 is 0 Å². The Labute approximate surface area is 294 Å². The molecule has 2 nitrogen and oxygen atoms in total. The maximum atomic E-state index is 2.72. The third kappa shape index (κ3) is 4.27. The molecule has 0 saturated heterocycles. The highest BCUT2D eigenvalue weighted by Crippen LogP contribution is 2.54. The van der Waals surface area contributed by atoms with Gasteiger partial charge in [-0.3, -0.25) is 0 Å². The molecule has 10 rings (SSSR count). The molecule has 6 aromatic carbocycles. The largest absolute Gasteiger partial charge is 0.336 e. The average Bonchev–Trinajstić information content (AvgIpc) is 3.50. The van der Waals surface area contributed by atoms with E-state index in [-0.39, 0.29) is 5.41 Å². The third-order valence-electron chi connectivity index (χ3n) is 11.8. The van der Waals surface area contributed by atoms with E-state index in [1.165, 1.54) is 77.5 Å². The number of anilines is 2. The van der Waals surface area contributed by atoms with Crippen LogP contribution in [-0.2, 0) is 5.41 Å². The summed E-state index contributed by atoms with van der Waals surface area (Å²) < 4.78 is 2.72. The second-order valence-corrected chi connectivity index (χ2v) is 15.1. The van der Waals surface area contributed by atoms with Gasteiger partial charge in [0.15, 0.2) is 0 Å². The van der Waals surface area contributed by atoms with Gasteiger partial charge in [0.1, 0.15) is 0 Å². The number of nitrogens with zero attached hydrogens (tertiary/aromatic N) is 2. The Hall–Kier alpha value is -5.60. The Kier molecular flexibility index (Phi) is 6.42. The number of benzene rings is 6. The smallest absolute Gasteiger partial charge is 0.0593 e. The number of para-hydroxylation sites is 1. The van der Waals surface area contributed by atoms with E-state index in [0.717, 1.165) is 6.42 Å². The van der Waals surface area contributed by atoms with Crippen molar-refractivity contribution in [2.45, 2.75) is 44.6 Å². The van der Waals surface area contributed by atoms with Crippen molar-refractivity contribution < 1.29 is 0 Å². The van der Waals surface area contributed by atoms with Crippen LogP contribution in [0.15, 0.2) is 157 Å². The van der Waals surface area contributed by atoms with Crippen molar-refractivity contribution in [3.63, 3.8) is 0 Å². The van der Waals surface area contributed by atoms with Crippen LogP contribution in [0.3, 0.4) is 0 Å². The summed E-state index contributed by atoms with van der Waals surface area (Å²) in [6.45, 7) is 7.31. The van der Waals surface area contributed by atoms with Gasteiger partial charge < -0.3 is 9.47 Å². The van der Waals surface area contributed by atoms with Crippen molar-refractivity contribution in [3.05, 3.63) is 174 Å². The summed E-state index contributed by atoms with van der Waals surface area (Å²) in [6.07, 6.45) is 12.8. The van der Waals surface area contributed by atoms with Crippen LogP contribution >= 0.6 is 0 Å². The van der Waals surface area contributed by atoms with Gasteiger partial charge >= 0.3 is 0 Å². The number of hydrogen-bond donors (Lipinski definition) is 0. The zero-order valence-corrected chi connectivity index (χ0v) is 28.8. The fraction of sp³-hybridized carbons (Fsp3) is 0.167. The summed E-state index contributed by atoms with van der Waals surface area (Å²) in [4.78, 5) is 2.52. The maximum Gasteiger partial charge on any atom is 0.0593 e. The molecule has 0 radical (unpaired) electrons. The monoisotopic (exact) mass is 644 g/mol. The molecule has 7 aromatic rings. The molecule has 1 aliphatic heterocycles. The Bertz CT molecular complexity index is 2570. The predicted molar refractivity (Wildman–Crippen MR) is 212 cm³/mol. The first-order chi connectivity index (χ1) is 24.5. The molecule has 3 aliphatic rings. The molecule has 0 amide bonds. The van der Waals surface area contributed by atoms with Gasteiger partial charge in [-0.25, -0.2) is 0 Å². The quantitative estimate of drug-likeness (QED) is 0.185. The highest BCUT2D eigenvalue weighted by Gasteiger charge is 2.44. The molecule has 3 atom stereocenters. The van der Waals surface area contributed by atoms with Crippen molar-refractivity contribution in [1.29, 1.82) is 0 Å². The van der Waals surface area contributed by atoms with E-state index in [0.29, 0.717) is 17.9 Å². The van der Waals surface area contributed by atoms with Crippen molar-refractivity contribution in [1.82, 2.24) is 4.57 Å². The summed E-state index contributed by atoms with van der Waals surface area (Å²) >= 11 is 0. The van der Waals surface area contributed by atoms with Crippen LogP contribution in [0.4, 0.5) is 11.4 Å². The molecular formula is C48H40N2. The fourth-order valence-corrected chi connectivity index (χ4v) is 9.44. The van der Waals surface area contributed by atoms with Gasteiger partial charge in [-0.15, -0.1) is 0 Å². The molecule has 50 heavy (non-hydrogen) atoms.